The first-order chi connectivity index (χ1) is 15.7. The van der Waals surface area contributed by atoms with Gasteiger partial charge in [-0.15, -0.1) is 5.10 Å². The van der Waals surface area contributed by atoms with Crippen LogP contribution < -0.4 is 14.8 Å². The minimum absolute atomic E-state index is 0.0410. The smallest absolute Gasteiger partial charge is 0.278 e. The third-order valence-electron chi connectivity index (χ3n) is 5.54. The van der Waals surface area contributed by atoms with Crippen molar-refractivity contribution in [3.8, 4) is 17.2 Å². The standard InChI is InChI=1S/C26H34N4O3/c1-8-11-17(2)33-22-15-14-19(26(4,5)6)16-20(22)27-25(31)24-18(3)30(29-28-24)21-12-9-10-13-23(21)32-7/h9-10,12-17H,8,11H2,1-7H3,(H,27,31). The maximum absolute atomic E-state index is 13.2. The molecular weight excluding hydrogens is 416 g/mol. The molecule has 1 aromatic heterocycles. The first-order valence-electron chi connectivity index (χ1n) is 11.3. The topological polar surface area (TPSA) is 78.3 Å². The molecule has 0 aliphatic rings. The van der Waals surface area contributed by atoms with Crippen molar-refractivity contribution in [3.05, 3.63) is 59.4 Å². The van der Waals surface area contributed by atoms with Crippen molar-refractivity contribution in [2.45, 2.75) is 65.9 Å². The molecule has 1 atom stereocenters. The summed E-state index contributed by atoms with van der Waals surface area (Å²) in [6.07, 6.45) is 1.99. The molecule has 1 unspecified atom stereocenters. The Balaban J connectivity index is 1.94. The highest BCUT2D eigenvalue weighted by Crippen LogP contribution is 2.33. The zero-order valence-electron chi connectivity index (χ0n) is 20.6. The van der Waals surface area contributed by atoms with Crippen LogP contribution in [0.15, 0.2) is 42.5 Å². The lowest BCUT2D eigenvalue weighted by molar-refractivity contribution is 0.102. The first kappa shape index (κ1) is 24.3. The molecule has 3 aromatic rings. The van der Waals surface area contributed by atoms with E-state index in [1.807, 2.05) is 56.3 Å². The Labute approximate surface area is 196 Å². The van der Waals surface area contributed by atoms with E-state index in [2.05, 4.69) is 43.3 Å². The van der Waals surface area contributed by atoms with Gasteiger partial charge in [-0.3, -0.25) is 4.79 Å². The van der Waals surface area contributed by atoms with Gasteiger partial charge in [-0.05, 0) is 55.5 Å². The van der Waals surface area contributed by atoms with Crippen molar-refractivity contribution in [1.29, 1.82) is 0 Å². The van der Waals surface area contributed by atoms with Crippen molar-refractivity contribution in [3.63, 3.8) is 0 Å². The van der Waals surface area contributed by atoms with Crippen LogP contribution in [0, 0.1) is 6.92 Å². The predicted octanol–water partition coefficient (Wildman–Crippen LogP) is 5.70. The number of rotatable bonds is 8. The maximum Gasteiger partial charge on any atom is 0.278 e. The summed E-state index contributed by atoms with van der Waals surface area (Å²) in [6.45, 7) is 12.4. The Kier molecular flexibility index (Phi) is 7.41. The molecule has 0 saturated carbocycles. The average molecular weight is 451 g/mol. The molecule has 7 heteroatoms. The number of benzene rings is 2. The summed E-state index contributed by atoms with van der Waals surface area (Å²) in [4.78, 5) is 13.2. The highest BCUT2D eigenvalue weighted by atomic mass is 16.5. The van der Waals surface area contributed by atoms with E-state index >= 15 is 0 Å². The van der Waals surface area contributed by atoms with Gasteiger partial charge in [-0.2, -0.15) is 0 Å². The molecule has 0 fully saturated rings. The van der Waals surface area contributed by atoms with Crippen LogP contribution in [0.2, 0.25) is 0 Å². The normalized spacial score (nSPS) is 12.3. The molecule has 0 spiro atoms. The van der Waals surface area contributed by atoms with Crippen LogP contribution in [0.1, 0.15) is 69.2 Å². The van der Waals surface area contributed by atoms with Gasteiger partial charge in [-0.25, -0.2) is 4.68 Å². The second-order valence-electron chi connectivity index (χ2n) is 9.24. The Morgan fingerprint density at radius 1 is 1.15 bits per heavy atom. The highest BCUT2D eigenvalue weighted by molar-refractivity contribution is 6.04. The number of para-hydroxylation sites is 2. The third-order valence-corrected chi connectivity index (χ3v) is 5.54. The molecule has 1 heterocycles. The fourth-order valence-corrected chi connectivity index (χ4v) is 3.63. The molecule has 0 aliphatic heterocycles. The number of hydrogen-bond acceptors (Lipinski definition) is 5. The summed E-state index contributed by atoms with van der Waals surface area (Å²) >= 11 is 0. The number of aromatic nitrogens is 3. The van der Waals surface area contributed by atoms with E-state index in [-0.39, 0.29) is 23.1 Å². The van der Waals surface area contributed by atoms with Gasteiger partial charge in [0.05, 0.1) is 24.6 Å². The van der Waals surface area contributed by atoms with E-state index in [1.165, 1.54) is 0 Å². The number of hydrogen-bond donors (Lipinski definition) is 1. The van der Waals surface area contributed by atoms with Crippen LogP contribution in [0.4, 0.5) is 5.69 Å². The highest BCUT2D eigenvalue weighted by Gasteiger charge is 2.22. The molecule has 0 radical (unpaired) electrons. The van der Waals surface area contributed by atoms with Crippen LogP contribution in [-0.4, -0.2) is 34.1 Å². The third kappa shape index (κ3) is 5.53. The molecule has 2 aromatic carbocycles. The number of anilines is 1. The van der Waals surface area contributed by atoms with E-state index < -0.39 is 0 Å². The summed E-state index contributed by atoms with van der Waals surface area (Å²) in [5, 5.41) is 11.4. The first-order valence-corrected chi connectivity index (χ1v) is 11.3. The summed E-state index contributed by atoms with van der Waals surface area (Å²) in [6, 6.07) is 13.4. The number of methoxy groups -OCH3 is 1. The SMILES string of the molecule is CCCC(C)Oc1ccc(C(C)(C)C)cc1NC(=O)c1nnn(-c2ccccc2OC)c1C. The van der Waals surface area contributed by atoms with E-state index in [9.17, 15) is 4.79 Å². The summed E-state index contributed by atoms with van der Waals surface area (Å²) in [7, 11) is 1.60. The van der Waals surface area contributed by atoms with Crippen LogP contribution in [0.5, 0.6) is 11.5 Å². The predicted molar refractivity (Wildman–Crippen MR) is 131 cm³/mol. The van der Waals surface area contributed by atoms with E-state index in [4.69, 9.17) is 9.47 Å². The Bertz CT molecular complexity index is 1110. The molecule has 1 N–H and O–H groups in total. The minimum atomic E-state index is -0.340. The van der Waals surface area contributed by atoms with Gasteiger partial charge in [0.2, 0.25) is 0 Å². The molecule has 33 heavy (non-hydrogen) atoms. The number of carbonyl (C=O) groups is 1. The van der Waals surface area contributed by atoms with Gasteiger partial charge < -0.3 is 14.8 Å². The lowest BCUT2D eigenvalue weighted by atomic mass is 9.87. The summed E-state index contributed by atoms with van der Waals surface area (Å²) in [5.41, 5.74) is 3.23. The van der Waals surface area contributed by atoms with Gasteiger partial charge in [0.1, 0.15) is 17.2 Å². The zero-order chi connectivity index (χ0) is 24.2. The van der Waals surface area contributed by atoms with Crippen molar-refractivity contribution in [2.75, 3.05) is 12.4 Å². The Morgan fingerprint density at radius 3 is 2.55 bits per heavy atom. The van der Waals surface area contributed by atoms with Gasteiger partial charge >= 0.3 is 0 Å². The summed E-state index contributed by atoms with van der Waals surface area (Å²) in [5.74, 6) is 0.954. The Morgan fingerprint density at radius 2 is 1.88 bits per heavy atom. The molecule has 0 bridgehead atoms. The fourth-order valence-electron chi connectivity index (χ4n) is 3.63. The molecule has 3 rings (SSSR count). The van der Waals surface area contributed by atoms with Crippen LogP contribution in [0.3, 0.4) is 0 Å². The molecule has 176 valence electrons. The van der Waals surface area contributed by atoms with Crippen molar-refractivity contribution >= 4 is 11.6 Å². The molecule has 0 saturated heterocycles. The fraction of sp³-hybridized carbons (Fsp3) is 0.423. The lowest BCUT2D eigenvalue weighted by Gasteiger charge is -2.23. The quantitative estimate of drug-likeness (QED) is 0.476. The zero-order valence-corrected chi connectivity index (χ0v) is 20.6. The number of carbonyl (C=O) groups excluding carboxylic acids is 1. The average Bonchev–Trinajstić information content (AvgIpc) is 3.15. The van der Waals surface area contributed by atoms with Crippen molar-refractivity contribution in [1.82, 2.24) is 15.0 Å². The lowest BCUT2D eigenvalue weighted by Crippen LogP contribution is -2.19. The second kappa shape index (κ2) is 10.1. The van der Waals surface area contributed by atoms with E-state index in [0.29, 0.717) is 22.9 Å². The number of nitrogens with zero attached hydrogens (tertiary/aromatic N) is 3. The minimum Gasteiger partial charge on any atom is -0.494 e. The molecular formula is C26H34N4O3. The monoisotopic (exact) mass is 450 g/mol. The van der Waals surface area contributed by atoms with Gasteiger partial charge in [0.25, 0.3) is 5.91 Å². The van der Waals surface area contributed by atoms with Gasteiger partial charge in [0, 0.05) is 0 Å². The second-order valence-corrected chi connectivity index (χ2v) is 9.24. The van der Waals surface area contributed by atoms with Gasteiger partial charge in [-0.1, -0.05) is 57.5 Å². The molecule has 7 nitrogen and oxygen atoms in total. The largest absolute Gasteiger partial charge is 0.494 e. The Hall–Kier alpha value is -3.35. The number of nitrogens with one attached hydrogen (secondary N) is 1. The van der Waals surface area contributed by atoms with Crippen molar-refractivity contribution in [2.24, 2.45) is 0 Å². The van der Waals surface area contributed by atoms with E-state index in [0.717, 1.165) is 24.1 Å². The van der Waals surface area contributed by atoms with Crippen LogP contribution in [-0.2, 0) is 5.41 Å². The maximum atomic E-state index is 13.2. The van der Waals surface area contributed by atoms with Crippen molar-refractivity contribution < 1.29 is 14.3 Å². The number of ether oxygens (including phenoxy) is 2. The van der Waals surface area contributed by atoms with Gasteiger partial charge in [0.15, 0.2) is 5.69 Å². The van der Waals surface area contributed by atoms with Crippen LogP contribution in [0.25, 0.3) is 5.69 Å². The van der Waals surface area contributed by atoms with E-state index in [1.54, 1.807) is 11.8 Å². The number of amides is 1. The molecule has 0 aliphatic carbocycles. The van der Waals surface area contributed by atoms with Crippen LogP contribution >= 0.6 is 0 Å². The summed E-state index contributed by atoms with van der Waals surface area (Å²) < 4.78 is 13.2. The molecule has 1 amide bonds.